The number of anilines is 1. The summed E-state index contributed by atoms with van der Waals surface area (Å²) in [5, 5.41) is 4.49. The van der Waals surface area contributed by atoms with Gasteiger partial charge in [0.25, 0.3) is 0 Å². The molecule has 110 valence electrons. The Morgan fingerprint density at radius 2 is 2.20 bits per heavy atom. The zero-order valence-corrected chi connectivity index (χ0v) is 13.7. The number of aromatic nitrogens is 3. The van der Waals surface area contributed by atoms with Gasteiger partial charge in [-0.3, -0.25) is 0 Å². The second kappa shape index (κ2) is 6.37. The summed E-state index contributed by atoms with van der Waals surface area (Å²) in [5.41, 5.74) is 1.12. The van der Waals surface area contributed by atoms with Crippen molar-refractivity contribution in [2.45, 2.75) is 39.9 Å². The molecule has 0 atom stereocenters. The van der Waals surface area contributed by atoms with Crippen LogP contribution in [-0.4, -0.2) is 27.6 Å². The van der Waals surface area contributed by atoms with Crippen LogP contribution in [0.3, 0.4) is 0 Å². The molecular formula is C14H23N5S. The summed E-state index contributed by atoms with van der Waals surface area (Å²) in [6.45, 7) is 8.05. The van der Waals surface area contributed by atoms with Crippen LogP contribution >= 0.6 is 11.3 Å². The molecule has 0 unspecified atom stereocenters. The standard InChI is InChI=1S/C14H23N5S/c1-10(2)16-8-12-11(3)17-14(20-12)19(5)9-13-15-6-7-18(13)4/h6-7,10,16H,8-9H2,1-5H3. The number of thiazole rings is 1. The topological polar surface area (TPSA) is 46.0 Å². The highest BCUT2D eigenvalue weighted by Crippen LogP contribution is 2.26. The van der Waals surface area contributed by atoms with Gasteiger partial charge in [0, 0.05) is 44.0 Å². The first-order chi connectivity index (χ1) is 9.47. The summed E-state index contributed by atoms with van der Waals surface area (Å²) < 4.78 is 2.04. The molecule has 0 aliphatic heterocycles. The Balaban J connectivity index is 2.05. The van der Waals surface area contributed by atoms with E-state index < -0.39 is 0 Å². The molecule has 2 aromatic rings. The molecule has 0 aromatic carbocycles. The summed E-state index contributed by atoms with van der Waals surface area (Å²) in [6.07, 6.45) is 3.79. The SMILES string of the molecule is Cc1nc(N(C)Cc2nccn2C)sc1CNC(C)C. The van der Waals surface area contributed by atoms with E-state index >= 15 is 0 Å². The third-order valence-corrected chi connectivity index (χ3v) is 4.45. The molecule has 1 N–H and O–H groups in total. The molecule has 0 aliphatic rings. The van der Waals surface area contributed by atoms with Gasteiger partial charge in [-0.2, -0.15) is 0 Å². The fraction of sp³-hybridized carbons (Fsp3) is 0.571. The molecular weight excluding hydrogens is 270 g/mol. The molecule has 0 fully saturated rings. The lowest BCUT2D eigenvalue weighted by atomic mass is 10.3. The lowest BCUT2D eigenvalue weighted by Crippen LogP contribution is -2.21. The molecule has 0 saturated carbocycles. The van der Waals surface area contributed by atoms with Gasteiger partial charge in [0.15, 0.2) is 5.13 Å². The van der Waals surface area contributed by atoms with E-state index in [2.05, 4.69) is 48.0 Å². The minimum atomic E-state index is 0.491. The maximum Gasteiger partial charge on any atom is 0.185 e. The highest BCUT2D eigenvalue weighted by Gasteiger charge is 2.13. The minimum absolute atomic E-state index is 0.491. The fourth-order valence-electron chi connectivity index (χ4n) is 1.87. The van der Waals surface area contributed by atoms with Crippen molar-refractivity contribution in [1.29, 1.82) is 0 Å². The predicted molar refractivity (Wildman–Crippen MR) is 84.1 cm³/mol. The van der Waals surface area contributed by atoms with Crippen LogP contribution in [0.2, 0.25) is 0 Å². The molecule has 2 aromatic heterocycles. The average Bonchev–Trinajstić information content (AvgIpc) is 2.94. The molecule has 6 heteroatoms. The van der Waals surface area contributed by atoms with Gasteiger partial charge < -0.3 is 14.8 Å². The quantitative estimate of drug-likeness (QED) is 0.888. The zero-order chi connectivity index (χ0) is 14.7. The number of nitrogens with zero attached hydrogens (tertiary/aromatic N) is 4. The molecule has 0 spiro atoms. The smallest absolute Gasteiger partial charge is 0.185 e. The number of imidazole rings is 1. The first kappa shape index (κ1) is 15.0. The van der Waals surface area contributed by atoms with Gasteiger partial charge in [-0.1, -0.05) is 13.8 Å². The second-order valence-electron chi connectivity index (χ2n) is 5.35. The first-order valence-corrected chi connectivity index (χ1v) is 7.66. The van der Waals surface area contributed by atoms with Crippen molar-refractivity contribution >= 4 is 16.5 Å². The zero-order valence-electron chi connectivity index (χ0n) is 12.8. The van der Waals surface area contributed by atoms with Crippen molar-refractivity contribution in [3.05, 3.63) is 28.8 Å². The first-order valence-electron chi connectivity index (χ1n) is 6.84. The number of nitrogens with one attached hydrogen (secondary N) is 1. The van der Waals surface area contributed by atoms with E-state index in [1.807, 2.05) is 24.0 Å². The van der Waals surface area contributed by atoms with Crippen molar-refractivity contribution in [1.82, 2.24) is 19.9 Å². The maximum atomic E-state index is 4.67. The third-order valence-electron chi connectivity index (χ3n) is 3.18. The largest absolute Gasteiger partial charge is 0.344 e. The Bertz CT molecular complexity index is 558. The minimum Gasteiger partial charge on any atom is -0.344 e. The number of hydrogen-bond acceptors (Lipinski definition) is 5. The Morgan fingerprint density at radius 1 is 1.45 bits per heavy atom. The molecule has 0 saturated heterocycles. The predicted octanol–water partition coefficient (Wildman–Crippen LogP) is 2.32. The van der Waals surface area contributed by atoms with Crippen LogP contribution in [0.5, 0.6) is 0 Å². The van der Waals surface area contributed by atoms with E-state index in [4.69, 9.17) is 0 Å². The summed E-state index contributed by atoms with van der Waals surface area (Å²) in [6, 6.07) is 0.491. The van der Waals surface area contributed by atoms with Gasteiger partial charge in [0.1, 0.15) is 5.82 Å². The van der Waals surface area contributed by atoms with Crippen molar-refractivity contribution in [3.8, 4) is 0 Å². The molecule has 0 radical (unpaired) electrons. The van der Waals surface area contributed by atoms with E-state index in [0.717, 1.165) is 29.7 Å². The average molecular weight is 293 g/mol. The van der Waals surface area contributed by atoms with Crippen LogP contribution in [0.4, 0.5) is 5.13 Å². The number of hydrogen-bond donors (Lipinski definition) is 1. The van der Waals surface area contributed by atoms with Crippen LogP contribution < -0.4 is 10.2 Å². The molecule has 0 amide bonds. The molecule has 0 aliphatic carbocycles. The monoisotopic (exact) mass is 293 g/mol. The maximum absolute atomic E-state index is 4.67. The van der Waals surface area contributed by atoms with Gasteiger partial charge in [0.05, 0.1) is 12.2 Å². The molecule has 2 rings (SSSR count). The van der Waals surface area contributed by atoms with Crippen LogP contribution in [0.15, 0.2) is 12.4 Å². The van der Waals surface area contributed by atoms with Gasteiger partial charge in [-0.25, -0.2) is 9.97 Å². The molecule has 2 heterocycles. The third kappa shape index (κ3) is 3.58. The summed E-state index contributed by atoms with van der Waals surface area (Å²) in [5.74, 6) is 1.04. The van der Waals surface area contributed by atoms with Crippen LogP contribution in [0.25, 0.3) is 0 Å². The summed E-state index contributed by atoms with van der Waals surface area (Å²) in [4.78, 5) is 12.5. The van der Waals surface area contributed by atoms with Crippen molar-refractivity contribution < 1.29 is 0 Å². The Kier molecular flexibility index (Phi) is 4.77. The van der Waals surface area contributed by atoms with Gasteiger partial charge in [0.2, 0.25) is 0 Å². The number of rotatable bonds is 6. The van der Waals surface area contributed by atoms with Gasteiger partial charge >= 0.3 is 0 Å². The lowest BCUT2D eigenvalue weighted by molar-refractivity contribution is 0.591. The van der Waals surface area contributed by atoms with Crippen LogP contribution in [0.1, 0.15) is 30.2 Å². The van der Waals surface area contributed by atoms with Crippen LogP contribution in [-0.2, 0) is 20.1 Å². The van der Waals surface area contributed by atoms with E-state index in [-0.39, 0.29) is 0 Å². The van der Waals surface area contributed by atoms with E-state index in [1.54, 1.807) is 11.3 Å². The van der Waals surface area contributed by atoms with Crippen LogP contribution in [0, 0.1) is 6.92 Å². The van der Waals surface area contributed by atoms with E-state index in [1.165, 1.54) is 4.88 Å². The van der Waals surface area contributed by atoms with E-state index in [9.17, 15) is 0 Å². The highest BCUT2D eigenvalue weighted by molar-refractivity contribution is 7.15. The fourth-order valence-corrected chi connectivity index (χ4v) is 2.84. The second-order valence-corrected chi connectivity index (χ2v) is 6.41. The molecule has 0 bridgehead atoms. The van der Waals surface area contributed by atoms with Crippen molar-refractivity contribution in [2.75, 3.05) is 11.9 Å². The number of aryl methyl sites for hydroxylation is 2. The lowest BCUT2D eigenvalue weighted by Gasteiger charge is -2.15. The Hall–Kier alpha value is -1.40. The van der Waals surface area contributed by atoms with Crippen molar-refractivity contribution in [2.24, 2.45) is 7.05 Å². The molecule has 5 nitrogen and oxygen atoms in total. The Morgan fingerprint density at radius 3 is 2.80 bits per heavy atom. The van der Waals surface area contributed by atoms with Gasteiger partial charge in [-0.15, -0.1) is 11.3 Å². The molecule has 20 heavy (non-hydrogen) atoms. The van der Waals surface area contributed by atoms with Crippen molar-refractivity contribution in [3.63, 3.8) is 0 Å². The summed E-state index contributed by atoms with van der Waals surface area (Å²) >= 11 is 1.75. The summed E-state index contributed by atoms with van der Waals surface area (Å²) in [7, 11) is 4.08. The highest BCUT2D eigenvalue weighted by atomic mass is 32.1. The normalized spacial score (nSPS) is 11.3. The van der Waals surface area contributed by atoms with E-state index in [0.29, 0.717) is 6.04 Å². The van der Waals surface area contributed by atoms with Gasteiger partial charge in [-0.05, 0) is 6.92 Å². The Labute approximate surface area is 124 Å².